The van der Waals surface area contributed by atoms with Crippen LogP contribution in [0.5, 0.6) is 5.75 Å². The standard InChI is InChI=1S/C20H26N2O3/c1-5-22(13-18(23)16-8-6-14(2)7-9-16)20(24)21-17-10-11-19(25-4)15(3)12-17/h6-12,18,23H,5,13H2,1-4H3,(H,21,24). The number of aryl methyl sites for hydroxylation is 2. The molecule has 5 heteroatoms. The first-order valence-corrected chi connectivity index (χ1v) is 8.39. The maximum atomic E-state index is 12.5. The zero-order valence-corrected chi connectivity index (χ0v) is 15.2. The van der Waals surface area contributed by atoms with Crippen LogP contribution in [0.2, 0.25) is 0 Å². The van der Waals surface area contributed by atoms with E-state index in [0.717, 1.165) is 22.4 Å². The second-order valence-corrected chi connectivity index (χ2v) is 6.08. The van der Waals surface area contributed by atoms with Gasteiger partial charge in [0, 0.05) is 12.2 Å². The van der Waals surface area contributed by atoms with Crippen LogP contribution in [-0.2, 0) is 0 Å². The van der Waals surface area contributed by atoms with E-state index in [0.29, 0.717) is 12.2 Å². The zero-order chi connectivity index (χ0) is 18.4. The Morgan fingerprint density at radius 3 is 2.44 bits per heavy atom. The first-order valence-electron chi connectivity index (χ1n) is 8.39. The lowest BCUT2D eigenvalue weighted by Gasteiger charge is -2.24. The van der Waals surface area contributed by atoms with E-state index < -0.39 is 6.10 Å². The van der Waals surface area contributed by atoms with Gasteiger partial charge in [-0.2, -0.15) is 0 Å². The molecule has 0 aliphatic heterocycles. The molecule has 1 unspecified atom stereocenters. The predicted molar refractivity (Wildman–Crippen MR) is 100 cm³/mol. The minimum atomic E-state index is -0.719. The maximum absolute atomic E-state index is 12.5. The monoisotopic (exact) mass is 342 g/mol. The Bertz CT molecular complexity index is 713. The van der Waals surface area contributed by atoms with Gasteiger partial charge in [-0.25, -0.2) is 4.79 Å². The van der Waals surface area contributed by atoms with Crippen molar-refractivity contribution in [2.24, 2.45) is 0 Å². The minimum Gasteiger partial charge on any atom is -0.496 e. The molecule has 5 nitrogen and oxygen atoms in total. The largest absolute Gasteiger partial charge is 0.496 e. The van der Waals surface area contributed by atoms with Crippen molar-refractivity contribution in [1.82, 2.24) is 4.90 Å². The van der Waals surface area contributed by atoms with E-state index in [-0.39, 0.29) is 12.6 Å². The van der Waals surface area contributed by atoms with Crippen molar-refractivity contribution in [2.45, 2.75) is 26.9 Å². The van der Waals surface area contributed by atoms with Crippen molar-refractivity contribution >= 4 is 11.7 Å². The van der Waals surface area contributed by atoms with Gasteiger partial charge in [-0.05, 0) is 50.1 Å². The van der Waals surface area contributed by atoms with Gasteiger partial charge in [-0.15, -0.1) is 0 Å². The third kappa shape index (κ3) is 4.97. The lowest BCUT2D eigenvalue weighted by Crippen LogP contribution is -2.37. The number of anilines is 1. The number of ether oxygens (including phenoxy) is 1. The highest BCUT2D eigenvalue weighted by atomic mass is 16.5. The van der Waals surface area contributed by atoms with Crippen molar-refractivity contribution < 1.29 is 14.6 Å². The van der Waals surface area contributed by atoms with Crippen LogP contribution in [0, 0.1) is 13.8 Å². The SMILES string of the molecule is CCN(CC(O)c1ccc(C)cc1)C(=O)Nc1ccc(OC)c(C)c1. The van der Waals surface area contributed by atoms with E-state index in [1.165, 1.54) is 0 Å². The lowest BCUT2D eigenvalue weighted by atomic mass is 10.1. The second kappa shape index (κ2) is 8.53. The zero-order valence-electron chi connectivity index (χ0n) is 15.2. The molecule has 0 radical (unpaired) electrons. The number of nitrogens with zero attached hydrogens (tertiary/aromatic N) is 1. The molecular formula is C20H26N2O3. The smallest absolute Gasteiger partial charge is 0.321 e. The molecule has 0 aliphatic rings. The van der Waals surface area contributed by atoms with Crippen molar-refractivity contribution in [3.8, 4) is 5.75 Å². The van der Waals surface area contributed by atoms with Crippen molar-refractivity contribution in [3.63, 3.8) is 0 Å². The Balaban J connectivity index is 2.02. The van der Waals surface area contributed by atoms with Gasteiger partial charge in [-0.3, -0.25) is 0 Å². The number of urea groups is 1. The molecule has 0 aromatic heterocycles. The predicted octanol–water partition coefficient (Wildman–Crippen LogP) is 3.90. The molecule has 0 heterocycles. The fourth-order valence-electron chi connectivity index (χ4n) is 2.62. The third-order valence-corrected chi connectivity index (χ3v) is 4.17. The fraction of sp³-hybridized carbons (Fsp3) is 0.350. The molecule has 0 aliphatic carbocycles. The molecule has 25 heavy (non-hydrogen) atoms. The topological polar surface area (TPSA) is 61.8 Å². The van der Waals surface area contributed by atoms with Crippen LogP contribution in [-0.4, -0.2) is 36.2 Å². The Kier molecular flexibility index (Phi) is 6.42. The molecule has 0 bridgehead atoms. The fourth-order valence-corrected chi connectivity index (χ4v) is 2.62. The summed E-state index contributed by atoms with van der Waals surface area (Å²) in [6.07, 6.45) is -0.719. The van der Waals surface area contributed by atoms with Gasteiger partial charge in [0.2, 0.25) is 0 Å². The Morgan fingerprint density at radius 1 is 1.20 bits per heavy atom. The van der Waals surface area contributed by atoms with Gasteiger partial charge >= 0.3 is 6.03 Å². The summed E-state index contributed by atoms with van der Waals surface area (Å²) in [6, 6.07) is 12.9. The molecule has 134 valence electrons. The minimum absolute atomic E-state index is 0.237. The van der Waals surface area contributed by atoms with Crippen LogP contribution in [0.15, 0.2) is 42.5 Å². The van der Waals surface area contributed by atoms with Crippen LogP contribution < -0.4 is 10.1 Å². The highest BCUT2D eigenvalue weighted by Gasteiger charge is 2.17. The molecule has 0 saturated heterocycles. The van der Waals surface area contributed by atoms with Gasteiger partial charge < -0.3 is 20.1 Å². The van der Waals surface area contributed by atoms with Gasteiger partial charge in [0.25, 0.3) is 0 Å². The number of carbonyl (C=O) groups is 1. The van der Waals surface area contributed by atoms with E-state index >= 15 is 0 Å². The highest BCUT2D eigenvalue weighted by Crippen LogP contribution is 2.22. The van der Waals surface area contributed by atoms with E-state index in [9.17, 15) is 9.90 Å². The van der Waals surface area contributed by atoms with Crippen LogP contribution in [0.4, 0.5) is 10.5 Å². The summed E-state index contributed by atoms with van der Waals surface area (Å²) in [7, 11) is 1.62. The van der Waals surface area contributed by atoms with Gasteiger partial charge in [0.15, 0.2) is 0 Å². The quantitative estimate of drug-likeness (QED) is 0.837. The number of rotatable bonds is 6. The number of likely N-dealkylation sites (N-methyl/N-ethyl adjacent to an activating group) is 1. The number of hydrogen-bond donors (Lipinski definition) is 2. The number of hydrogen-bond acceptors (Lipinski definition) is 3. The third-order valence-electron chi connectivity index (χ3n) is 4.17. The van der Waals surface area contributed by atoms with Crippen molar-refractivity contribution in [3.05, 3.63) is 59.2 Å². The van der Waals surface area contributed by atoms with Crippen LogP contribution in [0.3, 0.4) is 0 Å². The molecule has 1 atom stereocenters. The highest BCUT2D eigenvalue weighted by molar-refractivity contribution is 5.89. The second-order valence-electron chi connectivity index (χ2n) is 6.08. The molecule has 2 aromatic carbocycles. The number of aliphatic hydroxyl groups excluding tert-OH is 1. The van der Waals surface area contributed by atoms with Crippen LogP contribution in [0.25, 0.3) is 0 Å². The molecule has 2 N–H and O–H groups in total. The first-order chi connectivity index (χ1) is 11.9. The number of methoxy groups -OCH3 is 1. The summed E-state index contributed by atoms with van der Waals surface area (Å²) in [4.78, 5) is 14.1. The number of aliphatic hydroxyl groups is 1. The normalized spacial score (nSPS) is 11.7. The van der Waals surface area contributed by atoms with Crippen molar-refractivity contribution in [1.29, 1.82) is 0 Å². The molecule has 0 fully saturated rings. The van der Waals surface area contributed by atoms with Crippen molar-refractivity contribution in [2.75, 3.05) is 25.5 Å². The first kappa shape index (κ1) is 18.8. The number of carbonyl (C=O) groups excluding carboxylic acids is 1. The Hall–Kier alpha value is -2.53. The summed E-state index contributed by atoms with van der Waals surface area (Å²) >= 11 is 0. The van der Waals surface area contributed by atoms with E-state index in [1.807, 2.05) is 57.2 Å². The van der Waals surface area contributed by atoms with E-state index in [2.05, 4.69) is 5.32 Å². The van der Waals surface area contributed by atoms with Gasteiger partial charge in [0.1, 0.15) is 5.75 Å². The van der Waals surface area contributed by atoms with Crippen LogP contribution in [0.1, 0.15) is 29.7 Å². The molecule has 2 aromatic rings. The summed E-state index contributed by atoms with van der Waals surface area (Å²) in [6.45, 7) is 6.55. The summed E-state index contributed by atoms with van der Waals surface area (Å²) < 4.78 is 5.23. The van der Waals surface area contributed by atoms with Crippen LogP contribution >= 0.6 is 0 Å². The van der Waals surface area contributed by atoms with E-state index in [1.54, 1.807) is 18.1 Å². The average Bonchev–Trinajstić information content (AvgIpc) is 2.60. The number of nitrogens with one attached hydrogen (secondary N) is 1. The summed E-state index contributed by atoms with van der Waals surface area (Å²) in [5.41, 5.74) is 3.59. The Morgan fingerprint density at radius 2 is 1.88 bits per heavy atom. The average molecular weight is 342 g/mol. The van der Waals surface area contributed by atoms with E-state index in [4.69, 9.17) is 4.74 Å². The molecule has 0 spiro atoms. The Labute approximate surface area is 149 Å². The maximum Gasteiger partial charge on any atom is 0.321 e. The number of amides is 2. The van der Waals surface area contributed by atoms with Gasteiger partial charge in [0.05, 0.1) is 19.8 Å². The number of benzene rings is 2. The van der Waals surface area contributed by atoms with Gasteiger partial charge in [-0.1, -0.05) is 29.8 Å². The molecule has 2 amide bonds. The molecule has 0 saturated carbocycles. The summed E-state index contributed by atoms with van der Waals surface area (Å²) in [5, 5.41) is 13.3. The molecular weight excluding hydrogens is 316 g/mol. The lowest BCUT2D eigenvalue weighted by molar-refractivity contribution is 0.128. The molecule has 2 rings (SSSR count). The summed E-state index contributed by atoms with van der Waals surface area (Å²) in [5.74, 6) is 0.778.